The normalized spacial score (nSPS) is 30.5. The van der Waals surface area contributed by atoms with Gasteiger partial charge in [-0.2, -0.15) is 0 Å². The molecule has 0 amide bonds. The van der Waals surface area contributed by atoms with E-state index < -0.39 is 120 Å². The smallest absolute Gasteiger partial charge is 0.346 e. The Labute approximate surface area is 774 Å². The van der Waals surface area contributed by atoms with Crippen LogP contribution in [0.1, 0.15) is 245 Å². The van der Waals surface area contributed by atoms with E-state index in [1.807, 2.05) is 0 Å². The van der Waals surface area contributed by atoms with E-state index in [9.17, 15) is 60.0 Å². The van der Waals surface area contributed by atoms with Crippen molar-refractivity contribution >= 4 is 23.9 Å². The van der Waals surface area contributed by atoms with Crippen molar-refractivity contribution in [2.45, 2.75) is 178 Å². The fourth-order valence-corrected chi connectivity index (χ4v) is 29.7. The Morgan fingerprint density at radius 1 is 0.263 bits per heavy atom. The summed E-state index contributed by atoms with van der Waals surface area (Å²) in [7, 11) is 0. The van der Waals surface area contributed by atoms with Crippen LogP contribution in [-0.4, -0.2) is 145 Å². The van der Waals surface area contributed by atoms with Gasteiger partial charge in [0, 0.05) is 92.4 Å². The number of rotatable bonds is 33. The summed E-state index contributed by atoms with van der Waals surface area (Å²) in [6, 6.07) is 36.8. The third kappa shape index (κ3) is 18.8. The summed E-state index contributed by atoms with van der Waals surface area (Å²) < 4.78 is 71.9. The van der Waals surface area contributed by atoms with E-state index in [4.69, 9.17) is 56.8 Å². The predicted molar refractivity (Wildman–Crippen MR) is 485 cm³/mol. The average molecular weight is 1820 g/mol. The van der Waals surface area contributed by atoms with Crippen LogP contribution < -0.4 is 18.9 Å². The molecule has 0 aliphatic heterocycles. The number of fused-ring (bicyclic) bond motifs is 8. The topological polar surface area (TPSA) is 341 Å². The van der Waals surface area contributed by atoms with Crippen molar-refractivity contribution < 1.29 is 117 Å². The van der Waals surface area contributed by atoms with Gasteiger partial charge in [0.15, 0.2) is 53.6 Å². The molecular weight excluding hydrogens is 1690 g/mol. The summed E-state index contributed by atoms with van der Waals surface area (Å²) in [6.07, 6.45) is 29.0. The van der Waals surface area contributed by atoms with E-state index in [2.05, 4.69) is 0 Å². The van der Waals surface area contributed by atoms with Gasteiger partial charge in [0.1, 0.15) is 69.0 Å². The van der Waals surface area contributed by atoms with Gasteiger partial charge in [0.05, 0.1) is 26.4 Å². The van der Waals surface area contributed by atoms with Gasteiger partial charge in [-0.3, -0.25) is 0 Å². The largest absolute Gasteiger partial charge is 0.507 e. The molecule has 25 rings (SSSR count). The molecule has 8 N–H and O–H groups in total. The highest BCUT2D eigenvalue weighted by Gasteiger charge is 2.55. The second-order valence-corrected chi connectivity index (χ2v) is 42.7. The molecule has 2 atom stereocenters. The van der Waals surface area contributed by atoms with Crippen LogP contribution >= 0.6 is 0 Å². The van der Waals surface area contributed by atoms with Crippen LogP contribution in [-0.2, 0) is 57.1 Å². The number of hydrogen-bond donors (Lipinski definition) is 8. The fourth-order valence-electron chi connectivity index (χ4n) is 29.7. The summed E-state index contributed by atoms with van der Waals surface area (Å²) in [5.74, 6) is -1.70. The van der Waals surface area contributed by atoms with Crippen molar-refractivity contribution in [3.05, 3.63) is 212 Å². The molecule has 0 radical (unpaired) electrons. The monoisotopic (exact) mass is 1810 g/mol. The average Bonchev–Trinajstić information content (AvgIpc) is 0.736. The van der Waals surface area contributed by atoms with Gasteiger partial charge in [0.25, 0.3) is 0 Å². The minimum atomic E-state index is -1.36. The Kier molecular flexibility index (Phi) is 24.7. The van der Waals surface area contributed by atoms with Crippen molar-refractivity contribution in [2.24, 2.45) is 99.1 Å². The molecule has 8 aromatic carbocycles. The number of carbonyl (C=O) groups is 4. The quantitative estimate of drug-likeness (QED) is 0.00820. The Morgan fingerprint density at radius 2 is 0.481 bits per heavy atom. The maximum Gasteiger partial charge on any atom is 0.346 e. The second-order valence-electron chi connectivity index (χ2n) is 42.7. The highest BCUT2D eigenvalue weighted by atomic mass is 16.7. The van der Waals surface area contributed by atoms with Gasteiger partial charge < -0.3 is 97.7 Å². The molecule has 0 aromatic heterocycles. The Balaban J connectivity index is 0.635. The number of esters is 4. The number of ether oxygens (including phenoxy) is 12. The SMILES string of the molecule is O=C(COc1cccc(C2c3cc(c(O)cc3O)C(c3cccc(OCC(=O)OCOCC45CC6CC(CC(C6)C4)C5)c3)c3cc(c(O)cc3O)C(c3cccc(OCC(=O)OCOCC45CC6CC(CC(C6)C4)C5)c3)c3cc(c(O)cc3O)C(c3cccc(OCC(=O)OCOCC45CC6CC(CC(C6)C4)C5)c3)c3cc2c(O)cc3O)c1)OCOCCC1C2CC3CC(C2)CC1C3. The Morgan fingerprint density at radius 3 is 0.714 bits per heavy atom. The van der Waals surface area contributed by atoms with Crippen molar-refractivity contribution in [2.75, 3.05) is 80.0 Å². The number of carbonyl (C=O) groups excluding carboxylic acids is 4. The molecular formula is C109H122O24. The first-order chi connectivity index (χ1) is 64.5. The minimum Gasteiger partial charge on any atom is -0.507 e. The van der Waals surface area contributed by atoms with Crippen molar-refractivity contribution in [3.8, 4) is 69.0 Å². The standard InChI is InChI=1S/C109H122O24/c110-91-37-93(112)85-33-83(91)103(72-5-1-9-78(29-72)126-50-99(118)130-57-122-14-13-82-76-25-61-15-62(27-76)28-77(82)26-61)84-34-86(94(113)38-92(84)111)105(74-7-3-11-80(31-74)128-52-101(120)132-59-124-55-108-44-66-19-67(45-108)21-68(20-66)46-108)88-36-90(98(117)40-96(88)115)106(75-8-4-12-81(32-75)129-53-102(121)133-60-125-56-109-47-69-22-70(48-109)24-71(23-69)49-109)89-35-87(95(114)39-97(89)116)104(85)73-6-2-10-79(30-73)127-51-100(119)131-58-123-54-107-41-63-16-64(42-107)18-65(17-63)43-107/h1-12,29-40,61-71,76-77,82,103-106,110-117H,13-28,41-60H2. The minimum absolute atomic E-state index is 0.00798. The van der Waals surface area contributed by atoms with E-state index >= 15 is 0 Å². The van der Waals surface area contributed by atoms with Gasteiger partial charge in [-0.1, -0.05) is 48.5 Å². The molecule has 2 unspecified atom stereocenters. The molecule has 0 heterocycles. The van der Waals surface area contributed by atoms with Gasteiger partial charge >= 0.3 is 23.9 Å². The maximum atomic E-state index is 13.7. The van der Waals surface area contributed by atoms with Crippen molar-refractivity contribution in [3.63, 3.8) is 0 Å². The zero-order valence-electron chi connectivity index (χ0n) is 75.3. The van der Waals surface area contributed by atoms with Crippen LogP contribution in [0.3, 0.4) is 0 Å². The molecule has 0 saturated heterocycles. The summed E-state index contributed by atoms with van der Waals surface area (Å²) in [4.78, 5) is 54.8. The molecule has 16 saturated carbocycles. The van der Waals surface area contributed by atoms with E-state index in [0.717, 1.165) is 112 Å². The van der Waals surface area contributed by atoms with Crippen molar-refractivity contribution in [1.29, 1.82) is 0 Å². The van der Waals surface area contributed by atoms with Crippen LogP contribution in [0.25, 0.3) is 0 Å². The van der Waals surface area contributed by atoms with Crippen LogP contribution in [0.15, 0.2) is 146 Å². The molecule has 16 fully saturated rings. The van der Waals surface area contributed by atoms with Gasteiger partial charge in [0.2, 0.25) is 0 Å². The fraction of sp³-hybridized carbons (Fsp3) is 0.523. The molecule has 24 bridgehead atoms. The lowest BCUT2D eigenvalue weighted by Crippen LogP contribution is -2.48. The molecule has 24 nitrogen and oxygen atoms in total. The summed E-state index contributed by atoms with van der Waals surface area (Å²) >= 11 is 0. The first-order valence-electron chi connectivity index (χ1n) is 48.6. The maximum absolute atomic E-state index is 13.7. The van der Waals surface area contributed by atoms with Crippen molar-refractivity contribution in [1.82, 2.24) is 0 Å². The van der Waals surface area contributed by atoms with Crippen LogP contribution in [0, 0.1) is 99.1 Å². The molecule has 8 aromatic rings. The van der Waals surface area contributed by atoms with Crippen LogP contribution in [0.2, 0.25) is 0 Å². The highest BCUT2D eigenvalue weighted by Crippen LogP contribution is 2.65. The highest BCUT2D eigenvalue weighted by molar-refractivity contribution is 5.74. The molecule has 17 aliphatic carbocycles. The Bertz CT molecular complexity index is 5110. The van der Waals surface area contributed by atoms with E-state index in [0.29, 0.717) is 108 Å². The second kappa shape index (κ2) is 37.0. The number of phenolic OH excluding ortho intramolecular Hbond substituents is 8. The first kappa shape index (κ1) is 88.7. The number of benzene rings is 8. The van der Waals surface area contributed by atoms with E-state index in [1.54, 1.807) is 97.1 Å². The third-order valence-corrected chi connectivity index (χ3v) is 33.3. The van der Waals surface area contributed by atoms with E-state index in [-0.39, 0.29) is 111 Å². The number of hydrogen-bond acceptors (Lipinski definition) is 24. The predicted octanol–water partition coefficient (Wildman–Crippen LogP) is 19.1. The lowest BCUT2D eigenvalue weighted by molar-refractivity contribution is -0.168. The third-order valence-electron chi connectivity index (χ3n) is 33.3. The molecule has 0 spiro atoms. The molecule has 17 aliphatic rings. The summed E-state index contributed by atoms with van der Waals surface area (Å²) in [5.41, 5.74) is 1.54. The van der Waals surface area contributed by atoms with Gasteiger partial charge in [-0.25, -0.2) is 19.2 Å². The van der Waals surface area contributed by atoms with Gasteiger partial charge in [-0.15, -0.1) is 0 Å². The Hall–Kier alpha value is -10.9. The zero-order chi connectivity index (χ0) is 91.0. The van der Waals surface area contributed by atoms with Gasteiger partial charge in [-0.05, 0) is 348 Å². The summed E-state index contributed by atoms with van der Waals surface area (Å²) in [5, 5.41) is 103. The first-order valence-corrected chi connectivity index (χ1v) is 48.6. The lowest BCUT2D eigenvalue weighted by atomic mass is 9.50. The number of aromatic hydroxyl groups is 8. The van der Waals surface area contributed by atoms with Crippen LogP contribution in [0.5, 0.6) is 69.0 Å². The summed E-state index contributed by atoms with van der Waals surface area (Å²) in [6.45, 7) is -1.31. The lowest BCUT2D eigenvalue weighted by Gasteiger charge is -2.56. The number of phenols is 8. The zero-order valence-corrected chi connectivity index (χ0v) is 75.3. The van der Waals surface area contributed by atoms with E-state index in [1.165, 1.54) is 114 Å². The molecule has 133 heavy (non-hydrogen) atoms. The molecule has 702 valence electrons. The molecule has 24 heteroatoms. The van der Waals surface area contributed by atoms with Crippen LogP contribution in [0.4, 0.5) is 0 Å².